The fourth-order valence-electron chi connectivity index (χ4n) is 2.99. The van der Waals surface area contributed by atoms with E-state index >= 15 is 0 Å². The summed E-state index contributed by atoms with van der Waals surface area (Å²) in [4.78, 5) is 10.9. The number of aliphatic imine (C=N–C) groups is 1. The normalized spacial score (nSPS) is 15.7. The second-order valence-corrected chi connectivity index (χ2v) is 6.48. The standard InChI is InChI=1S/C19H32N4O3/c1-20-19(23(2)10-6-16-7-11-25-12-8-16)22-15-17-5-4-9-21-18(17)26-14-13-24-3/h4-5,9,16H,6-8,10-15H2,1-3H3,(H,20,22). The zero-order chi connectivity index (χ0) is 18.6. The molecule has 0 unspecified atom stereocenters. The molecule has 1 fully saturated rings. The minimum absolute atomic E-state index is 0.486. The van der Waals surface area contributed by atoms with Crippen LogP contribution in [0.1, 0.15) is 24.8 Å². The van der Waals surface area contributed by atoms with Gasteiger partial charge in [0.25, 0.3) is 0 Å². The summed E-state index contributed by atoms with van der Waals surface area (Å²) in [7, 11) is 5.55. The fourth-order valence-corrected chi connectivity index (χ4v) is 2.99. The van der Waals surface area contributed by atoms with Crippen LogP contribution in [0.4, 0.5) is 0 Å². The Bertz CT molecular complexity index is 547. The monoisotopic (exact) mass is 364 g/mol. The van der Waals surface area contributed by atoms with Gasteiger partial charge < -0.3 is 24.4 Å². The average Bonchev–Trinajstić information content (AvgIpc) is 2.69. The van der Waals surface area contributed by atoms with E-state index in [1.807, 2.05) is 19.2 Å². The summed E-state index contributed by atoms with van der Waals surface area (Å²) in [5, 5.41) is 3.40. The molecule has 146 valence electrons. The Morgan fingerprint density at radius 2 is 2.19 bits per heavy atom. The van der Waals surface area contributed by atoms with E-state index in [-0.39, 0.29) is 0 Å². The number of guanidine groups is 1. The Balaban J connectivity index is 1.82. The predicted octanol–water partition coefficient (Wildman–Crippen LogP) is 1.93. The Kier molecular flexibility index (Phi) is 9.20. The maximum absolute atomic E-state index is 5.69. The van der Waals surface area contributed by atoms with E-state index < -0.39 is 0 Å². The first-order valence-corrected chi connectivity index (χ1v) is 9.29. The largest absolute Gasteiger partial charge is 0.475 e. The quantitative estimate of drug-likeness (QED) is 0.410. The van der Waals surface area contributed by atoms with Crippen LogP contribution in [-0.2, 0) is 16.0 Å². The molecule has 0 saturated carbocycles. The van der Waals surface area contributed by atoms with Crippen LogP contribution in [0.5, 0.6) is 5.88 Å². The molecule has 1 N–H and O–H groups in total. The summed E-state index contributed by atoms with van der Waals surface area (Å²) in [6.07, 6.45) is 5.23. The van der Waals surface area contributed by atoms with Gasteiger partial charge in [-0.25, -0.2) is 4.98 Å². The minimum Gasteiger partial charge on any atom is -0.475 e. The molecule has 1 saturated heterocycles. The van der Waals surface area contributed by atoms with E-state index in [2.05, 4.69) is 27.2 Å². The van der Waals surface area contributed by atoms with Crippen molar-refractivity contribution < 1.29 is 14.2 Å². The Hall–Kier alpha value is -1.86. The summed E-state index contributed by atoms with van der Waals surface area (Å²) in [5.41, 5.74) is 1.00. The average molecular weight is 364 g/mol. The lowest BCUT2D eigenvalue weighted by atomic mass is 9.96. The van der Waals surface area contributed by atoms with Gasteiger partial charge in [0, 0.05) is 59.3 Å². The molecule has 2 rings (SSSR count). The number of hydrogen-bond acceptors (Lipinski definition) is 5. The molecule has 0 spiro atoms. The zero-order valence-electron chi connectivity index (χ0n) is 16.2. The Morgan fingerprint density at radius 3 is 2.92 bits per heavy atom. The molecule has 2 heterocycles. The summed E-state index contributed by atoms with van der Waals surface area (Å²) >= 11 is 0. The number of nitrogens with zero attached hydrogens (tertiary/aromatic N) is 3. The van der Waals surface area contributed by atoms with Gasteiger partial charge in [-0.15, -0.1) is 0 Å². The molecule has 7 nitrogen and oxygen atoms in total. The molecule has 0 aromatic carbocycles. The number of hydrogen-bond donors (Lipinski definition) is 1. The van der Waals surface area contributed by atoms with Crippen LogP contribution in [0.2, 0.25) is 0 Å². The Labute approximate surface area is 156 Å². The number of methoxy groups -OCH3 is 1. The van der Waals surface area contributed by atoms with Crippen LogP contribution in [0.15, 0.2) is 23.3 Å². The van der Waals surface area contributed by atoms with Crippen molar-refractivity contribution in [3.8, 4) is 5.88 Å². The van der Waals surface area contributed by atoms with Crippen molar-refractivity contribution in [3.05, 3.63) is 23.9 Å². The van der Waals surface area contributed by atoms with E-state index in [0.717, 1.165) is 50.0 Å². The van der Waals surface area contributed by atoms with Crippen LogP contribution < -0.4 is 10.1 Å². The van der Waals surface area contributed by atoms with Gasteiger partial charge in [0.15, 0.2) is 5.96 Å². The summed E-state index contributed by atoms with van der Waals surface area (Å²) < 4.78 is 16.1. The summed E-state index contributed by atoms with van der Waals surface area (Å²) in [6.45, 7) is 4.42. The minimum atomic E-state index is 0.486. The fraction of sp³-hybridized carbons (Fsp3) is 0.684. The summed E-state index contributed by atoms with van der Waals surface area (Å²) in [5.74, 6) is 2.27. The lowest BCUT2D eigenvalue weighted by molar-refractivity contribution is 0.0625. The lowest BCUT2D eigenvalue weighted by Crippen LogP contribution is -2.39. The first-order chi connectivity index (χ1) is 12.7. The van der Waals surface area contributed by atoms with Crippen LogP contribution in [0, 0.1) is 5.92 Å². The number of nitrogens with one attached hydrogen (secondary N) is 1. The van der Waals surface area contributed by atoms with E-state index in [1.54, 1.807) is 13.3 Å². The van der Waals surface area contributed by atoms with Crippen molar-refractivity contribution in [1.82, 2.24) is 15.2 Å². The third kappa shape index (κ3) is 6.80. The number of rotatable bonds is 9. The van der Waals surface area contributed by atoms with Crippen LogP contribution >= 0.6 is 0 Å². The smallest absolute Gasteiger partial charge is 0.218 e. The van der Waals surface area contributed by atoms with Gasteiger partial charge in [0.1, 0.15) is 6.61 Å². The van der Waals surface area contributed by atoms with E-state index in [4.69, 9.17) is 14.2 Å². The molecule has 0 aliphatic carbocycles. The highest BCUT2D eigenvalue weighted by Gasteiger charge is 2.15. The zero-order valence-corrected chi connectivity index (χ0v) is 16.2. The van der Waals surface area contributed by atoms with Crippen LogP contribution in [-0.4, -0.2) is 70.0 Å². The molecule has 1 aromatic heterocycles. The number of ether oxygens (including phenoxy) is 3. The first kappa shape index (κ1) is 20.5. The molecule has 26 heavy (non-hydrogen) atoms. The summed E-state index contributed by atoms with van der Waals surface area (Å²) in [6, 6.07) is 3.93. The van der Waals surface area contributed by atoms with Gasteiger partial charge in [-0.3, -0.25) is 4.99 Å². The second-order valence-electron chi connectivity index (χ2n) is 6.48. The van der Waals surface area contributed by atoms with E-state index in [0.29, 0.717) is 25.6 Å². The molecule has 1 aromatic rings. The molecule has 0 amide bonds. The van der Waals surface area contributed by atoms with Crippen LogP contribution in [0.25, 0.3) is 0 Å². The van der Waals surface area contributed by atoms with Crippen molar-refractivity contribution in [1.29, 1.82) is 0 Å². The number of pyridine rings is 1. The molecule has 7 heteroatoms. The van der Waals surface area contributed by atoms with Crippen molar-refractivity contribution in [2.75, 3.05) is 54.2 Å². The maximum Gasteiger partial charge on any atom is 0.218 e. The highest BCUT2D eigenvalue weighted by molar-refractivity contribution is 5.79. The Morgan fingerprint density at radius 1 is 1.38 bits per heavy atom. The molecule has 1 aliphatic heterocycles. The second kappa shape index (κ2) is 11.7. The van der Waals surface area contributed by atoms with Gasteiger partial charge in [0.2, 0.25) is 5.88 Å². The van der Waals surface area contributed by atoms with Crippen molar-refractivity contribution in [2.45, 2.75) is 25.8 Å². The van der Waals surface area contributed by atoms with E-state index in [9.17, 15) is 0 Å². The lowest BCUT2D eigenvalue weighted by Gasteiger charge is -2.27. The SMILES string of the molecule is CN=C(NCc1cccnc1OCCOC)N(C)CCC1CCOCC1. The first-order valence-electron chi connectivity index (χ1n) is 9.29. The van der Waals surface area contributed by atoms with Gasteiger partial charge >= 0.3 is 0 Å². The molecular weight excluding hydrogens is 332 g/mol. The third-order valence-electron chi connectivity index (χ3n) is 4.60. The topological polar surface area (TPSA) is 68.2 Å². The highest BCUT2D eigenvalue weighted by Crippen LogP contribution is 2.18. The third-order valence-corrected chi connectivity index (χ3v) is 4.60. The molecule has 1 aliphatic rings. The van der Waals surface area contributed by atoms with Gasteiger partial charge in [-0.05, 0) is 31.2 Å². The van der Waals surface area contributed by atoms with Crippen molar-refractivity contribution in [3.63, 3.8) is 0 Å². The van der Waals surface area contributed by atoms with Crippen molar-refractivity contribution in [2.24, 2.45) is 10.9 Å². The maximum atomic E-state index is 5.69. The van der Waals surface area contributed by atoms with Gasteiger partial charge in [-0.1, -0.05) is 6.07 Å². The highest BCUT2D eigenvalue weighted by atomic mass is 16.5. The number of aromatic nitrogens is 1. The molecule has 0 atom stereocenters. The molecule has 0 radical (unpaired) electrons. The molecular formula is C19H32N4O3. The van der Waals surface area contributed by atoms with E-state index in [1.165, 1.54) is 6.42 Å². The molecule has 0 bridgehead atoms. The predicted molar refractivity (Wildman–Crippen MR) is 103 cm³/mol. The van der Waals surface area contributed by atoms with Gasteiger partial charge in [-0.2, -0.15) is 0 Å². The van der Waals surface area contributed by atoms with Crippen molar-refractivity contribution >= 4 is 5.96 Å². The van der Waals surface area contributed by atoms with Crippen LogP contribution in [0.3, 0.4) is 0 Å². The van der Waals surface area contributed by atoms with Gasteiger partial charge in [0.05, 0.1) is 6.61 Å².